The molecule has 0 radical (unpaired) electrons. The Hall–Kier alpha value is -3.16. The summed E-state index contributed by atoms with van der Waals surface area (Å²) in [4.78, 5) is 36.2. The summed E-state index contributed by atoms with van der Waals surface area (Å²) in [6.45, 7) is 7.59. The van der Waals surface area contributed by atoms with Gasteiger partial charge in [-0.3, -0.25) is 24.0 Å². The smallest absolute Gasteiger partial charge is 0.330 e. The molecule has 0 amide bonds. The van der Waals surface area contributed by atoms with E-state index in [0.717, 1.165) is 4.57 Å². The van der Waals surface area contributed by atoms with E-state index in [0.29, 0.717) is 27.7 Å². The summed E-state index contributed by atoms with van der Waals surface area (Å²) in [5.41, 5.74) is 0.913. The molecule has 0 saturated heterocycles. The van der Waals surface area contributed by atoms with E-state index >= 15 is 0 Å². The van der Waals surface area contributed by atoms with Gasteiger partial charge in [-0.05, 0) is 27.7 Å². The van der Waals surface area contributed by atoms with E-state index in [1.165, 1.54) is 17.7 Å². The Morgan fingerprint density at radius 2 is 1.70 bits per heavy atom. The molecule has 3 rings (SSSR count). The summed E-state index contributed by atoms with van der Waals surface area (Å²) in [7, 11) is 3.04. The van der Waals surface area contributed by atoms with Crippen molar-refractivity contribution in [3.05, 3.63) is 60.9 Å². The molecule has 2 aromatic heterocycles. The molecule has 0 fully saturated rings. The highest BCUT2D eigenvalue weighted by Crippen LogP contribution is 2.35. The van der Waals surface area contributed by atoms with Crippen molar-refractivity contribution in [2.24, 2.45) is 14.1 Å². The third-order valence-electron chi connectivity index (χ3n) is 4.84. The van der Waals surface area contributed by atoms with E-state index in [1.807, 2.05) is 25.3 Å². The second-order valence-electron chi connectivity index (χ2n) is 7.74. The first-order valence-corrected chi connectivity index (χ1v) is 8.52. The van der Waals surface area contributed by atoms with Crippen LogP contribution < -0.4 is 11.2 Å². The maximum atomic E-state index is 12.9. The standard InChI is InChI=1S/C19H22N4O4/c1-11-7-8-12(9-13(11)23(26)27)16-15-14(10-22(16)19(2,3)4)20(5)18(25)21(6)17(15)24/h7-10H,1-6H3. The van der Waals surface area contributed by atoms with Crippen LogP contribution in [0.3, 0.4) is 0 Å². The van der Waals surface area contributed by atoms with Crippen LogP contribution in [0.1, 0.15) is 26.3 Å². The van der Waals surface area contributed by atoms with Crippen molar-refractivity contribution in [1.29, 1.82) is 0 Å². The molecule has 1 aromatic carbocycles. The van der Waals surface area contributed by atoms with E-state index in [2.05, 4.69) is 0 Å². The maximum absolute atomic E-state index is 12.9. The molecule has 27 heavy (non-hydrogen) atoms. The molecule has 8 nitrogen and oxygen atoms in total. The third-order valence-corrected chi connectivity index (χ3v) is 4.84. The van der Waals surface area contributed by atoms with Crippen molar-refractivity contribution in [2.45, 2.75) is 33.2 Å². The minimum Gasteiger partial charge on any atom is -0.339 e. The Bertz CT molecular complexity index is 1210. The van der Waals surface area contributed by atoms with Crippen LogP contribution >= 0.6 is 0 Å². The van der Waals surface area contributed by atoms with Crippen molar-refractivity contribution < 1.29 is 4.92 Å². The molecule has 0 aliphatic carbocycles. The lowest BCUT2D eigenvalue weighted by Gasteiger charge is -2.24. The zero-order valence-electron chi connectivity index (χ0n) is 16.2. The lowest BCUT2D eigenvalue weighted by molar-refractivity contribution is -0.385. The molecular weight excluding hydrogens is 348 g/mol. The predicted molar refractivity (Wildman–Crippen MR) is 104 cm³/mol. The van der Waals surface area contributed by atoms with E-state index in [4.69, 9.17) is 0 Å². The number of nitro benzene ring substituents is 1. The van der Waals surface area contributed by atoms with Gasteiger partial charge in [-0.15, -0.1) is 0 Å². The Labute approximate surface area is 155 Å². The number of aryl methyl sites for hydroxylation is 2. The highest BCUT2D eigenvalue weighted by atomic mass is 16.6. The summed E-state index contributed by atoms with van der Waals surface area (Å²) in [5, 5.41) is 11.8. The van der Waals surface area contributed by atoms with Gasteiger partial charge in [0.25, 0.3) is 11.2 Å². The van der Waals surface area contributed by atoms with Crippen LogP contribution in [0.5, 0.6) is 0 Å². The summed E-state index contributed by atoms with van der Waals surface area (Å²) in [5.74, 6) is 0. The first-order valence-electron chi connectivity index (χ1n) is 8.52. The number of rotatable bonds is 2. The van der Waals surface area contributed by atoms with Gasteiger partial charge in [0.05, 0.1) is 21.5 Å². The maximum Gasteiger partial charge on any atom is 0.330 e. The highest BCUT2D eigenvalue weighted by molar-refractivity contribution is 5.94. The molecule has 0 aliphatic rings. The molecule has 0 spiro atoms. The molecule has 3 aromatic rings. The number of benzene rings is 1. The Morgan fingerprint density at radius 3 is 2.26 bits per heavy atom. The molecule has 0 bridgehead atoms. The molecule has 0 N–H and O–H groups in total. The van der Waals surface area contributed by atoms with E-state index in [1.54, 1.807) is 32.3 Å². The van der Waals surface area contributed by atoms with Gasteiger partial charge < -0.3 is 4.57 Å². The van der Waals surface area contributed by atoms with Crippen LogP contribution in [0, 0.1) is 17.0 Å². The summed E-state index contributed by atoms with van der Waals surface area (Å²) in [6, 6.07) is 4.92. The molecular formula is C19H22N4O4. The van der Waals surface area contributed by atoms with Crippen LogP contribution in [-0.4, -0.2) is 18.6 Å². The van der Waals surface area contributed by atoms with E-state index in [-0.39, 0.29) is 5.69 Å². The Balaban J connectivity index is 2.56. The van der Waals surface area contributed by atoms with Crippen LogP contribution in [0.2, 0.25) is 0 Å². The molecule has 0 atom stereocenters. The monoisotopic (exact) mass is 370 g/mol. The highest BCUT2D eigenvalue weighted by Gasteiger charge is 2.26. The summed E-state index contributed by atoms with van der Waals surface area (Å²) in [6.07, 6.45) is 1.76. The zero-order valence-corrected chi connectivity index (χ0v) is 16.2. The first-order chi connectivity index (χ1) is 12.4. The van der Waals surface area contributed by atoms with Gasteiger partial charge in [0.2, 0.25) is 0 Å². The fourth-order valence-corrected chi connectivity index (χ4v) is 3.31. The number of hydrogen-bond acceptors (Lipinski definition) is 4. The predicted octanol–water partition coefficient (Wildman–Crippen LogP) is 2.68. The Kier molecular flexibility index (Phi) is 4.09. The minimum atomic E-state index is -0.431. The number of hydrogen-bond donors (Lipinski definition) is 0. The zero-order chi connectivity index (χ0) is 20.3. The molecule has 0 unspecified atom stereocenters. The van der Waals surface area contributed by atoms with Crippen molar-refractivity contribution in [1.82, 2.24) is 13.7 Å². The topological polar surface area (TPSA) is 92.1 Å². The van der Waals surface area contributed by atoms with Gasteiger partial charge in [-0.2, -0.15) is 0 Å². The normalized spacial score (nSPS) is 11.9. The van der Waals surface area contributed by atoms with Gasteiger partial charge in [0.15, 0.2) is 0 Å². The first kappa shape index (κ1) is 18.6. The second-order valence-corrected chi connectivity index (χ2v) is 7.74. The van der Waals surface area contributed by atoms with Crippen LogP contribution in [0.4, 0.5) is 5.69 Å². The SMILES string of the molecule is Cc1ccc(-c2c3c(=O)n(C)c(=O)n(C)c3cn2C(C)(C)C)cc1[N+](=O)[O-]. The molecule has 142 valence electrons. The van der Waals surface area contributed by atoms with Crippen molar-refractivity contribution in [2.75, 3.05) is 0 Å². The van der Waals surface area contributed by atoms with Crippen molar-refractivity contribution in [3.8, 4) is 11.3 Å². The lowest BCUT2D eigenvalue weighted by atomic mass is 10.0. The van der Waals surface area contributed by atoms with Gasteiger partial charge in [-0.1, -0.05) is 12.1 Å². The molecule has 0 aliphatic heterocycles. The van der Waals surface area contributed by atoms with Crippen LogP contribution in [0.25, 0.3) is 22.2 Å². The molecule has 2 heterocycles. The quantitative estimate of drug-likeness (QED) is 0.512. The summed E-state index contributed by atoms with van der Waals surface area (Å²) < 4.78 is 4.37. The summed E-state index contributed by atoms with van der Waals surface area (Å²) >= 11 is 0. The Morgan fingerprint density at radius 1 is 1.07 bits per heavy atom. The van der Waals surface area contributed by atoms with Gasteiger partial charge in [0, 0.05) is 43.0 Å². The van der Waals surface area contributed by atoms with E-state index in [9.17, 15) is 19.7 Å². The van der Waals surface area contributed by atoms with E-state index < -0.39 is 21.7 Å². The van der Waals surface area contributed by atoms with Gasteiger partial charge in [0.1, 0.15) is 0 Å². The number of nitrogens with zero attached hydrogens (tertiary/aromatic N) is 4. The third kappa shape index (κ3) is 2.77. The molecule has 0 saturated carbocycles. The second kappa shape index (κ2) is 5.94. The number of aromatic nitrogens is 3. The van der Waals surface area contributed by atoms with Crippen molar-refractivity contribution in [3.63, 3.8) is 0 Å². The lowest BCUT2D eigenvalue weighted by Crippen LogP contribution is -2.36. The number of nitro groups is 1. The largest absolute Gasteiger partial charge is 0.339 e. The fraction of sp³-hybridized carbons (Fsp3) is 0.368. The van der Waals surface area contributed by atoms with Gasteiger partial charge >= 0.3 is 5.69 Å². The average Bonchev–Trinajstić information content (AvgIpc) is 2.99. The number of fused-ring (bicyclic) bond motifs is 1. The average molecular weight is 370 g/mol. The minimum absolute atomic E-state index is 0.0102. The van der Waals surface area contributed by atoms with Crippen LogP contribution in [-0.2, 0) is 19.6 Å². The van der Waals surface area contributed by atoms with Gasteiger partial charge in [-0.25, -0.2) is 4.79 Å². The van der Waals surface area contributed by atoms with Crippen molar-refractivity contribution >= 4 is 16.6 Å². The fourth-order valence-electron chi connectivity index (χ4n) is 3.31. The van der Waals surface area contributed by atoms with Crippen LogP contribution in [0.15, 0.2) is 34.0 Å². The molecule has 8 heteroatoms.